The number of hydrogen-bond donors (Lipinski definition) is 0. The van der Waals surface area contributed by atoms with Gasteiger partial charge in [0, 0.05) is 23.8 Å². The van der Waals surface area contributed by atoms with Crippen LogP contribution in [-0.4, -0.2) is 38.9 Å². The van der Waals surface area contributed by atoms with Crippen molar-refractivity contribution in [3.05, 3.63) is 27.3 Å². The predicted octanol–water partition coefficient (Wildman–Crippen LogP) is 1.86. The zero-order valence-corrected chi connectivity index (χ0v) is 13.4. The molecule has 0 aromatic heterocycles. The van der Waals surface area contributed by atoms with E-state index in [2.05, 4.69) is 22.6 Å². The van der Waals surface area contributed by atoms with Crippen LogP contribution in [0.3, 0.4) is 0 Å². The molecule has 5 nitrogen and oxygen atoms in total. The molecule has 0 saturated carbocycles. The fourth-order valence-electron chi connectivity index (χ4n) is 1.98. The summed E-state index contributed by atoms with van der Waals surface area (Å²) in [6, 6.07) is 4.81. The smallest absolute Gasteiger partial charge is 0.269 e. The van der Waals surface area contributed by atoms with Crippen LogP contribution in [0.15, 0.2) is 23.1 Å². The molecule has 0 radical (unpaired) electrons. The van der Waals surface area contributed by atoms with Crippen molar-refractivity contribution in [2.45, 2.75) is 17.7 Å². The van der Waals surface area contributed by atoms with Crippen LogP contribution in [-0.2, 0) is 14.8 Å². The highest BCUT2D eigenvalue weighted by Crippen LogP contribution is 2.31. The summed E-state index contributed by atoms with van der Waals surface area (Å²) in [5.41, 5.74) is 0.277. The van der Waals surface area contributed by atoms with E-state index < -0.39 is 15.9 Å². The number of amides is 1. The number of halogens is 1. The number of benzene rings is 1. The molecule has 0 bridgehead atoms. The van der Waals surface area contributed by atoms with Crippen LogP contribution in [0.1, 0.15) is 23.2 Å². The fraction of sp³-hybridized carbons (Fsp3) is 0.417. The molecule has 0 atom stereocenters. The molecule has 1 aliphatic heterocycles. The number of sulfonamides is 1. The second-order valence-electron chi connectivity index (χ2n) is 4.22. The summed E-state index contributed by atoms with van der Waals surface area (Å²) >= 11 is 2.06. The molecule has 104 valence electrons. The van der Waals surface area contributed by atoms with Gasteiger partial charge in [-0.3, -0.25) is 4.79 Å². The Kier molecular flexibility index (Phi) is 4.46. The lowest BCUT2D eigenvalue weighted by Crippen LogP contribution is -2.31. The van der Waals surface area contributed by atoms with Crippen molar-refractivity contribution in [2.24, 2.45) is 0 Å². The minimum atomic E-state index is -3.66. The number of hydrogen-bond acceptors (Lipinski definition) is 4. The van der Waals surface area contributed by atoms with E-state index in [1.54, 1.807) is 19.2 Å². The highest BCUT2D eigenvalue weighted by atomic mass is 127. The molecule has 19 heavy (non-hydrogen) atoms. The van der Waals surface area contributed by atoms with Gasteiger partial charge in [-0.05, 0) is 53.6 Å². The van der Waals surface area contributed by atoms with Crippen LogP contribution in [0.4, 0.5) is 0 Å². The van der Waals surface area contributed by atoms with Crippen molar-refractivity contribution in [1.82, 2.24) is 4.31 Å². The third-order valence-electron chi connectivity index (χ3n) is 2.93. The number of rotatable bonds is 5. The molecule has 1 amide bonds. The standard InChI is InChI=1S/C12H14INO4S/c1-18-7-3-2-6-14-12(15)10-8-9(13)4-5-11(10)19(14,16)17/h4-5,8H,2-3,6-7H2,1H3. The second-order valence-corrected chi connectivity index (χ2v) is 7.30. The van der Waals surface area contributed by atoms with E-state index in [9.17, 15) is 13.2 Å². The van der Waals surface area contributed by atoms with Crippen LogP contribution < -0.4 is 0 Å². The van der Waals surface area contributed by atoms with Crippen molar-refractivity contribution in [3.8, 4) is 0 Å². The molecular formula is C12H14INO4S. The maximum atomic E-state index is 12.2. The molecule has 0 unspecified atom stereocenters. The summed E-state index contributed by atoms with van der Waals surface area (Å²) in [5, 5.41) is 0. The van der Waals surface area contributed by atoms with Crippen molar-refractivity contribution < 1.29 is 17.9 Å². The van der Waals surface area contributed by atoms with Gasteiger partial charge in [-0.15, -0.1) is 0 Å². The summed E-state index contributed by atoms with van der Waals surface area (Å²) in [4.78, 5) is 12.3. The highest BCUT2D eigenvalue weighted by Gasteiger charge is 2.40. The lowest BCUT2D eigenvalue weighted by atomic mass is 10.2. The van der Waals surface area contributed by atoms with Crippen molar-refractivity contribution in [3.63, 3.8) is 0 Å². The largest absolute Gasteiger partial charge is 0.385 e. The Bertz CT molecular complexity index is 600. The van der Waals surface area contributed by atoms with Gasteiger partial charge in [-0.25, -0.2) is 12.7 Å². The number of unbranched alkanes of at least 4 members (excludes halogenated alkanes) is 1. The van der Waals surface area contributed by atoms with Gasteiger partial charge < -0.3 is 4.74 Å². The molecular weight excluding hydrogens is 381 g/mol. The maximum Gasteiger partial charge on any atom is 0.269 e. The van der Waals surface area contributed by atoms with E-state index in [0.717, 1.165) is 14.3 Å². The third-order valence-corrected chi connectivity index (χ3v) is 5.44. The van der Waals surface area contributed by atoms with Crippen molar-refractivity contribution in [1.29, 1.82) is 0 Å². The Morgan fingerprint density at radius 2 is 2.05 bits per heavy atom. The summed E-state index contributed by atoms with van der Waals surface area (Å²) in [7, 11) is -2.07. The van der Waals surface area contributed by atoms with Gasteiger partial charge in [-0.1, -0.05) is 0 Å². The molecule has 0 N–H and O–H groups in total. The van der Waals surface area contributed by atoms with Crippen LogP contribution in [0.25, 0.3) is 0 Å². The Hall–Kier alpha value is -0.670. The molecule has 0 spiro atoms. The SMILES string of the molecule is COCCCCN1C(=O)c2cc(I)ccc2S1(=O)=O. The summed E-state index contributed by atoms with van der Waals surface area (Å²) in [6.45, 7) is 0.767. The summed E-state index contributed by atoms with van der Waals surface area (Å²) < 4.78 is 31.2. The van der Waals surface area contributed by atoms with E-state index in [1.165, 1.54) is 6.07 Å². The monoisotopic (exact) mass is 395 g/mol. The average Bonchev–Trinajstić information content (AvgIpc) is 2.54. The van der Waals surface area contributed by atoms with E-state index in [1.807, 2.05) is 0 Å². The highest BCUT2D eigenvalue weighted by molar-refractivity contribution is 14.1. The average molecular weight is 395 g/mol. The molecule has 1 aromatic rings. The van der Waals surface area contributed by atoms with E-state index in [0.29, 0.717) is 13.0 Å². The van der Waals surface area contributed by atoms with Crippen LogP contribution in [0, 0.1) is 3.57 Å². The van der Waals surface area contributed by atoms with Crippen molar-refractivity contribution in [2.75, 3.05) is 20.3 Å². The first-order valence-corrected chi connectivity index (χ1v) is 8.36. The molecule has 7 heteroatoms. The van der Waals surface area contributed by atoms with Gasteiger partial charge >= 0.3 is 0 Å². The fourth-order valence-corrected chi connectivity index (χ4v) is 4.06. The summed E-state index contributed by atoms with van der Waals surface area (Å²) in [6.07, 6.45) is 1.33. The number of carbonyl (C=O) groups excluding carboxylic acids is 1. The lowest BCUT2D eigenvalue weighted by Gasteiger charge is -2.14. The maximum absolute atomic E-state index is 12.2. The molecule has 0 fully saturated rings. The number of ether oxygens (including phenoxy) is 1. The first kappa shape index (κ1) is 14.7. The van der Waals surface area contributed by atoms with Gasteiger partial charge in [0.25, 0.3) is 15.9 Å². The molecule has 0 saturated heterocycles. The van der Waals surface area contributed by atoms with Gasteiger partial charge in [-0.2, -0.15) is 0 Å². The topological polar surface area (TPSA) is 63.7 Å². The Balaban J connectivity index is 2.23. The number of fused-ring (bicyclic) bond motifs is 1. The van der Waals surface area contributed by atoms with Gasteiger partial charge in [0.1, 0.15) is 4.90 Å². The van der Waals surface area contributed by atoms with E-state index in [-0.39, 0.29) is 17.0 Å². The first-order valence-electron chi connectivity index (χ1n) is 5.84. The molecule has 1 heterocycles. The number of carbonyl (C=O) groups is 1. The molecule has 1 aliphatic rings. The Morgan fingerprint density at radius 3 is 2.74 bits per heavy atom. The lowest BCUT2D eigenvalue weighted by molar-refractivity contribution is 0.0866. The van der Waals surface area contributed by atoms with Gasteiger partial charge in [0.05, 0.1) is 5.56 Å². The van der Waals surface area contributed by atoms with E-state index in [4.69, 9.17) is 4.74 Å². The molecule has 2 rings (SSSR count). The van der Waals surface area contributed by atoms with Gasteiger partial charge in [0.2, 0.25) is 0 Å². The number of methoxy groups -OCH3 is 1. The number of nitrogens with zero attached hydrogens (tertiary/aromatic N) is 1. The van der Waals surface area contributed by atoms with Crippen LogP contribution in [0.5, 0.6) is 0 Å². The van der Waals surface area contributed by atoms with Crippen LogP contribution >= 0.6 is 22.6 Å². The van der Waals surface area contributed by atoms with Gasteiger partial charge in [0.15, 0.2) is 0 Å². The predicted molar refractivity (Wildman–Crippen MR) is 78.5 cm³/mol. The quantitative estimate of drug-likeness (QED) is 0.564. The zero-order chi connectivity index (χ0) is 14.0. The molecule has 0 aliphatic carbocycles. The summed E-state index contributed by atoms with van der Waals surface area (Å²) in [5.74, 6) is -0.425. The van der Waals surface area contributed by atoms with Crippen molar-refractivity contribution >= 4 is 38.5 Å². The normalized spacial score (nSPS) is 16.7. The first-order chi connectivity index (χ1) is 8.98. The minimum Gasteiger partial charge on any atom is -0.385 e. The van der Waals surface area contributed by atoms with Crippen LogP contribution in [0.2, 0.25) is 0 Å². The Labute approximate surface area is 126 Å². The Morgan fingerprint density at radius 1 is 1.32 bits per heavy atom. The second kappa shape index (κ2) is 5.76. The third kappa shape index (κ3) is 2.77. The van der Waals surface area contributed by atoms with E-state index >= 15 is 0 Å². The minimum absolute atomic E-state index is 0.115. The molecule has 1 aromatic carbocycles. The zero-order valence-electron chi connectivity index (χ0n) is 10.4.